The summed E-state index contributed by atoms with van der Waals surface area (Å²) in [6.07, 6.45) is 11.9. The van der Waals surface area contributed by atoms with Crippen LogP contribution in [0.3, 0.4) is 0 Å². The molecule has 0 N–H and O–H groups in total. The van der Waals surface area contributed by atoms with Gasteiger partial charge in [-0.2, -0.15) is 0 Å². The molecule has 4 heteroatoms. The molecule has 448 valence electrons. The summed E-state index contributed by atoms with van der Waals surface area (Å²) < 4.78 is 26.7. The van der Waals surface area contributed by atoms with Crippen LogP contribution in [0.15, 0.2) is 212 Å². The zero-order valence-corrected chi connectivity index (χ0v) is 53.5. The van der Waals surface area contributed by atoms with Crippen molar-refractivity contribution in [1.29, 1.82) is 0 Å². The van der Waals surface area contributed by atoms with Crippen LogP contribution in [0.1, 0.15) is 116 Å². The lowest BCUT2D eigenvalue weighted by atomic mass is 9.86. The molecule has 16 rings (SSSR count). The maximum absolute atomic E-state index is 6.67. The van der Waals surface area contributed by atoms with Gasteiger partial charge < -0.3 is 17.7 Å². The summed E-state index contributed by atoms with van der Waals surface area (Å²) in [6.45, 7) is 18.4. The predicted molar refractivity (Wildman–Crippen MR) is 381 cm³/mol. The van der Waals surface area contributed by atoms with Crippen molar-refractivity contribution in [3.05, 3.63) is 216 Å². The molecule has 4 aliphatic rings. The van der Waals surface area contributed by atoms with E-state index in [4.69, 9.17) is 17.7 Å². The number of aryl methyl sites for hydroxylation is 4. The predicted octanol–water partition coefficient (Wildman–Crippen LogP) is 25.9. The number of hydrogen-bond donors (Lipinski definition) is 0. The molecule has 12 aromatic rings. The van der Waals surface area contributed by atoms with Crippen LogP contribution in [0.4, 0.5) is 0 Å². The monoisotopic (exact) mass is 1180 g/mol. The first kappa shape index (κ1) is 57.3. The van der Waals surface area contributed by atoms with Gasteiger partial charge in [0, 0.05) is 43.8 Å². The molecule has 0 unspecified atom stereocenters. The lowest BCUT2D eigenvalue weighted by molar-refractivity contribution is 0.556. The molecule has 0 atom stereocenters. The van der Waals surface area contributed by atoms with E-state index < -0.39 is 0 Å². The molecule has 0 saturated heterocycles. The van der Waals surface area contributed by atoms with Crippen LogP contribution >= 0.6 is 0 Å². The quantitative estimate of drug-likeness (QED) is 0.0635. The SMILES string of the molecule is CC(C)CCCc1ccc(-c2ccc3oc4ccc5c(-c6ccc(CCCC(C)C)cc6)ccc6oc7ccc2c3c7-c4c65)cc1.CC(C)CCc1ccc(-c2ccc3oc4ccc5c(-c6ccc(CCC(C)C)cc6)ccc6oc7ccc2c3c7-c4c65)cc1. The van der Waals surface area contributed by atoms with Gasteiger partial charge in [0.25, 0.3) is 0 Å². The van der Waals surface area contributed by atoms with Crippen LogP contribution in [0.5, 0.6) is 0 Å². The van der Waals surface area contributed by atoms with Crippen molar-refractivity contribution in [3.63, 3.8) is 0 Å². The summed E-state index contributed by atoms with van der Waals surface area (Å²) in [5.41, 5.74) is 27.2. The van der Waals surface area contributed by atoms with Gasteiger partial charge in [0.1, 0.15) is 44.7 Å². The second-order valence-electron chi connectivity index (χ2n) is 27.5. The molecule has 0 aliphatic carbocycles. The molecule has 0 fully saturated rings. The van der Waals surface area contributed by atoms with Gasteiger partial charge in [0.2, 0.25) is 0 Å². The first-order valence-electron chi connectivity index (χ1n) is 33.4. The Hall–Kier alpha value is -9.12. The van der Waals surface area contributed by atoms with Crippen LogP contribution in [0.2, 0.25) is 0 Å². The molecule has 0 radical (unpaired) electrons. The molecule has 4 heterocycles. The smallest absolute Gasteiger partial charge is 0.136 e. The van der Waals surface area contributed by atoms with E-state index >= 15 is 0 Å². The van der Waals surface area contributed by atoms with E-state index in [1.165, 1.54) is 127 Å². The van der Waals surface area contributed by atoms with Crippen LogP contribution < -0.4 is 0 Å². The summed E-state index contributed by atoms with van der Waals surface area (Å²) in [7, 11) is 0. The van der Waals surface area contributed by atoms with Gasteiger partial charge in [-0.15, -0.1) is 0 Å². The maximum atomic E-state index is 6.67. The van der Waals surface area contributed by atoms with Crippen molar-refractivity contribution < 1.29 is 17.7 Å². The van der Waals surface area contributed by atoms with Gasteiger partial charge in [0.15, 0.2) is 0 Å². The van der Waals surface area contributed by atoms with Crippen molar-refractivity contribution in [3.8, 4) is 66.8 Å². The van der Waals surface area contributed by atoms with E-state index in [9.17, 15) is 0 Å². The highest BCUT2D eigenvalue weighted by molar-refractivity contribution is 6.28. The average molecular weight is 1180 g/mol. The van der Waals surface area contributed by atoms with Gasteiger partial charge in [0.05, 0.1) is 0 Å². The minimum absolute atomic E-state index is 0.709. The third-order valence-corrected chi connectivity index (χ3v) is 19.4. The highest BCUT2D eigenvalue weighted by Crippen LogP contribution is 2.53. The second kappa shape index (κ2) is 23.7. The maximum Gasteiger partial charge on any atom is 0.136 e. The molecule has 0 aromatic heterocycles. The normalized spacial score (nSPS) is 12.4. The highest BCUT2D eigenvalue weighted by Gasteiger charge is 2.29. The Balaban J connectivity index is 0.000000150. The van der Waals surface area contributed by atoms with Crippen molar-refractivity contribution >= 4 is 87.8 Å². The Kier molecular flexibility index (Phi) is 15.1. The second-order valence-corrected chi connectivity index (χ2v) is 27.5. The van der Waals surface area contributed by atoms with E-state index in [0.717, 1.165) is 126 Å². The number of hydrogen-bond acceptors (Lipinski definition) is 4. The summed E-state index contributed by atoms with van der Waals surface area (Å²) in [4.78, 5) is 0. The van der Waals surface area contributed by atoms with Crippen LogP contribution in [0.25, 0.3) is 155 Å². The summed E-state index contributed by atoms with van der Waals surface area (Å²) in [5.74, 6) is 2.92. The van der Waals surface area contributed by atoms with Gasteiger partial charge in [-0.3, -0.25) is 0 Å². The minimum atomic E-state index is 0.709. The molecule has 4 aliphatic heterocycles. The zero-order valence-electron chi connectivity index (χ0n) is 53.5. The molecule has 0 saturated carbocycles. The van der Waals surface area contributed by atoms with E-state index in [1.54, 1.807) is 0 Å². The molecule has 0 bridgehead atoms. The lowest BCUT2D eigenvalue weighted by Gasteiger charge is -2.21. The van der Waals surface area contributed by atoms with E-state index in [0.29, 0.717) is 11.8 Å². The van der Waals surface area contributed by atoms with E-state index in [2.05, 4.69) is 250 Å². The summed E-state index contributed by atoms with van der Waals surface area (Å²) in [6, 6.07) is 71.3. The molecule has 0 spiro atoms. The first-order chi connectivity index (χ1) is 43.9. The summed E-state index contributed by atoms with van der Waals surface area (Å²) in [5, 5.41) is 9.32. The van der Waals surface area contributed by atoms with E-state index in [1.807, 2.05) is 0 Å². The van der Waals surface area contributed by atoms with Gasteiger partial charge in [-0.1, -0.05) is 190 Å². The highest BCUT2D eigenvalue weighted by atomic mass is 16.3. The Morgan fingerprint density at radius 2 is 0.444 bits per heavy atom. The van der Waals surface area contributed by atoms with Gasteiger partial charge in [-0.05, 0) is 236 Å². The Morgan fingerprint density at radius 3 is 0.678 bits per heavy atom. The fourth-order valence-corrected chi connectivity index (χ4v) is 14.5. The third kappa shape index (κ3) is 10.6. The molecular weight excluding hydrogens is 1100 g/mol. The van der Waals surface area contributed by atoms with Crippen molar-refractivity contribution in [2.75, 3.05) is 0 Å². The Bertz CT molecular complexity index is 4770. The van der Waals surface area contributed by atoms with Gasteiger partial charge >= 0.3 is 0 Å². The molecule has 90 heavy (non-hydrogen) atoms. The van der Waals surface area contributed by atoms with Crippen LogP contribution in [-0.2, 0) is 25.7 Å². The Labute approximate surface area is 528 Å². The van der Waals surface area contributed by atoms with Crippen LogP contribution in [-0.4, -0.2) is 0 Å². The fourth-order valence-electron chi connectivity index (χ4n) is 14.5. The minimum Gasteiger partial charge on any atom is -0.456 e. The van der Waals surface area contributed by atoms with Crippen molar-refractivity contribution in [1.82, 2.24) is 0 Å². The Morgan fingerprint density at radius 1 is 0.222 bits per heavy atom. The zero-order chi connectivity index (χ0) is 61.3. The van der Waals surface area contributed by atoms with Crippen molar-refractivity contribution in [2.45, 2.75) is 120 Å². The largest absolute Gasteiger partial charge is 0.456 e. The molecule has 0 amide bonds. The number of rotatable bonds is 18. The number of benzene rings is 12. The standard InChI is InChI=1S/C44H42O2.C42H38O2/c1-27(2)7-5-9-29-11-15-31(16-12-29)33-19-23-37-41-35(33)21-25-39-43(41)44-40(45-37)26-22-36-34(20-24-38(46-39)42(36)44)32-17-13-30(14-18-32)10-6-8-28(3)4;1-25(2)5-7-27-9-13-29(14-10-27)31-17-21-35-39-33(31)19-23-37-41(39)42-38(43-35)24-20-34-32(18-22-36(44-37)40(34)42)30-15-11-28(12-16-30)8-6-26(3)4/h11-28H,5-10H2,1-4H3;9-26H,5-8H2,1-4H3. The topological polar surface area (TPSA) is 52.6 Å². The molecule has 4 nitrogen and oxygen atoms in total. The fraction of sp³-hybridized carbons (Fsp3) is 0.256. The molecule has 12 aromatic carbocycles. The third-order valence-electron chi connectivity index (χ3n) is 19.4. The average Bonchev–Trinajstić information content (AvgIpc) is 0.750. The summed E-state index contributed by atoms with van der Waals surface area (Å²) >= 11 is 0. The van der Waals surface area contributed by atoms with Crippen molar-refractivity contribution in [2.24, 2.45) is 23.7 Å². The lowest BCUT2D eigenvalue weighted by Crippen LogP contribution is -1.96. The molecular formula is C86H80O4. The first-order valence-corrected chi connectivity index (χ1v) is 33.4. The van der Waals surface area contributed by atoms with Gasteiger partial charge in [-0.25, -0.2) is 0 Å². The van der Waals surface area contributed by atoms with E-state index in [-0.39, 0.29) is 0 Å². The van der Waals surface area contributed by atoms with Crippen LogP contribution in [0, 0.1) is 23.7 Å².